The summed E-state index contributed by atoms with van der Waals surface area (Å²) in [5.74, 6) is -2.79. The van der Waals surface area contributed by atoms with Gasteiger partial charge in [0.2, 0.25) is 5.91 Å². The normalized spacial score (nSPS) is 23.0. The van der Waals surface area contributed by atoms with Crippen LogP contribution in [-0.2, 0) is 9.59 Å². The van der Waals surface area contributed by atoms with E-state index in [1.807, 2.05) is 0 Å². The molecule has 1 heterocycles. The van der Waals surface area contributed by atoms with E-state index in [4.69, 9.17) is 9.90 Å². The lowest BCUT2D eigenvalue weighted by molar-refractivity contribution is -0.192. The van der Waals surface area contributed by atoms with E-state index in [1.165, 1.54) is 4.90 Å². The van der Waals surface area contributed by atoms with E-state index in [9.17, 15) is 22.4 Å². The molecule has 0 unspecified atom stereocenters. The summed E-state index contributed by atoms with van der Waals surface area (Å²) >= 11 is 0. The Morgan fingerprint density at radius 2 is 1.78 bits per heavy atom. The van der Waals surface area contributed by atoms with Crippen molar-refractivity contribution in [1.82, 2.24) is 10.2 Å². The van der Waals surface area contributed by atoms with Gasteiger partial charge in [-0.2, -0.15) is 13.2 Å². The largest absolute Gasteiger partial charge is 0.490 e. The number of nitrogens with one attached hydrogen (secondary N) is 1. The Morgan fingerprint density at radius 1 is 1.33 bits per heavy atom. The van der Waals surface area contributed by atoms with Gasteiger partial charge in [0.05, 0.1) is 6.04 Å². The zero-order valence-corrected chi connectivity index (χ0v) is 9.79. The van der Waals surface area contributed by atoms with Gasteiger partial charge in [-0.1, -0.05) is 0 Å². The molecular weight excluding hydrogens is 260 g/mol. The Morgan fingerprint density at radius 3 is 2.00 bits per heavy atom. The van der Waals surface area contributed by atoms with Crippen LogP contribution in [0.1, 0.15) is 6.42 Å². The number of carbonyl (C=O) groups excluding carboxylic acids is 1. The van der Waals surface area contributed by atoms with Gasteiger partial charge in [-0.3, -0.25) is 4.79 Å². The first kappa shape index (κ1) is 16.6. The summed E-state index contributed by atoms with van der Waals surface area (Å²) in [5, 5.41) is 9.95. The molecule has 1 amide bonds. The number of alkyl halides is 4. The first-order valence-corrected chi connectivity index (χ1v) is 4.94. The molecule has 0 saturated carbocycles. The third-order valence-electron chi connectivity index (χ3n) is 2.06. The lowest BCUT2D eigenvalue weighted by atomic mass is 10.2. The van der Waals surface area contributed by atoms with E-state index in [0.717, 1.165) is 0 Å². The van der Waals surface area contributed by atoms with Gasteiger partial charge in [-0.25, -0.2) is 9.18 Å². The fraction of sp³-hybridized carbons (Fsp3) is 0.778. The summed E-state index contributed by atoms with van der Waals surface area (Å²) in [5.41, 5.74) is 0. The topological polar surface area (TPSA) is 69.6 Å². The standard InChI is InChI=1S/C7H13FN2O.C2HF3O2/c1-10(2)7(11)6-3-5(8)4-9-6;3-2(4,5)1(6)7/h5-6,9H,3-4H2,1-2H3;(H,6,7)/t5-,6-;/m0./s1. The average Bonchev–Trinajstić information content (AvgIpc) is 2.63. The van der Waals surface area contributed by atoms with Crippen LogP contribution in [0, 0.1) is 0 Å². The van der Waals surface area contributed by atoms with Gasteiger partial charge in [0, 0.05) is 27.1 Å². The van der Waals surface area contributed by atoms with Crippen molar-refractivity contribution in [3.8, 4) is 0 Å². The van der Waals surface area contributed by atoms with E-state index in [-0.39, 0.29) is 11.9 Å². The van der Waals surface area contributed by atoms with Gasteiger partial charge in [0.15, 0.2) is 0 Å². The highest BCUT2D eigenvalue weighted by atomic mass is 19.4. The highest BCUT2D eigenvalue weighted by Crippen LogP contribution is 2.13. The van der Waals surface area contributed by atoms with Gasteiger partial charge in [-0.05, 0) is 0 Å². The van der Waals surface area contributed by atoms with Crippen molar-refractivity contribution in [3.05, 3.63) is 0 Å². The molecule has 5 nitrogen and oxygen atoms in total. The van der Waals surface area contributed by atoms with E-state index in [1.54, 1.807) is 14.1 Å². The fourth-order valence-electron chi connectivity index (χ4n) is 1.19. The first-order valence-electron chi connectivity index (χ1n) is 4.94. The van der Waals surface area contributed by atoms with Crippen molar-refractivity contribution in [2.75, 3.05) is 20.6 Å². The lowest BCUT2D eigenvalue weighted by Crippen LogP contribution is -2.39. The summed E-state index contributed by atoms with van der Waals surface area (Å²) in [4.78, 5) is 21.6. The number of carboxylic acids is 1. The second-order valence-corrected chi connectivity index (χ2v) is 3.83. The molecule has 1 rings (SSSR count). The van der Waals surface area contributed by atoms with E-state index in [0.29, 0.717) is 13.0 Å². The van der Waals surface area contributed by atoms with Crippen LogP contribution in [0.25, 0.3) is 0 Å². The molecule has 0 aromatic carbocycles. The van der Waals surface area contributed by atoms with Crippen molar-refractivity contribution in [1.29, 1.82) is 0 Å². The molecule has 0 radical (unpaired) electrons. The van der Waals surface area contributed by atoms with Crippen LogP contribution in [0.5, 0.6) is 0 Å². The Bertz CT molecular complexity index is 307. The van der Waals surface area contributed by atoms with Crippen molar-refractivity contribution in [2.24, 2.45) is 0 Å². The Labute approximate surface area is 101 Å². The molecule has 0 aliphatic carbocycles. The van der Waals surface area contributed by atoms with Gasteiger partial charge in [0.25, 0.3) is 0 Å². The number of carboxylic acid groups (broad SMARTS) is 1. The van der Waals surface area contributed by atoms with Gasteiger partial charge in [-0.15, -0.1) is 0 Å². The Hall–Kier alpha value is -1.38. The zero-order valence-electron chi connectivity index (χ0n) is 9.79. The number of rotatable bonds is 1. The maximum absolute atomic E-state index is 12.6. The zero-order chi connectivity index (χ0) is 14.5. The van der Waals surface area contributed by atoms with Crippen LogP contribution in [0.2, 0.25) is 0 Å². The molecule has 106 valence electrons. The molecule has 1 saturated heterocycles. The second-order valence-electron chi connectivity index (χ2n) is 3.83. The van der Waals surface area contributed by atoms with Gasteiger partial charge >= 0.3 is 12.1 Å². The van der Waals surface area contributed by atoms with E-state index in [2.05, 4.69) is 5.32 Å². The Kier molecular flexibility index (Phi) is 6.02. The SMILES string of the molecule is CN(C)C(=O)[C@@H]1C[C@H](F)CN1.O=C(O)C(F)(F)F. The smallest absolute Gasteiger partial charge is 0.475 e. The van der Waals surface area contributed by atoms with E-state index < -0.39 is 18.3 Å². The molecule has 2 N–H and O–H groups in total. The summed E-state index contributed by atoms with van der Waals surface area (Å²) in [7, 11) is 3.35. The fourth-order valence-corrected chi connectivity index (χ4v) is 1.19. The molecule has 0 aromatic heterocycles. The van der Waals surface area contributed by atoms with Crippen molar-refractivity contribution >= 4 is 11.9 Å². The highest BCUT2D eigenvalue weighted by Gasteiger charge is 2.38. The molecule has 0 bridgehead atoms. The molecule has 1 aliphatic rings. The molecule has 1 fully saturated rings. The maximum atomic E-state index is 12.6. The third-order valence-corrected chi connectivity index (χ3v) is 2.06. The van der Waals surface area contributed by atoms with Crippen LogP contribution < -0.4 is 5.32 Å². The molecule has 0 aromatic rings. The average molecular weight is 274 g/mol. The van der Waals surface area contributed by atoms with Crippen molar-refractivity contribution in [3.63, 3.8) is 0 Å². The van der Waals surface area contributed by atoms with E-state index >= 15 is 0 Å². The predicted molar refractivity (Wildman–Crippen MR) is 53.7 cm³/mol. The summed E-state index contributed by atoms with van der Waals surface area (Å²) in [6.07, 6.45) is -5.62. The summed E-state index contributed by atoms with van der Waals surface area (Å²) in [6.45, 7) is 0.310. The molecule has 0 spiro atoms. The highest BCUT2D eigenvalue weighted by molar-refractivity contribution is 5.81. The number of halogens is 4. The van der Waals surface area contributed by atoms with Gasteiger partial charge < -0.3 is 15.3 Å². The first-order chi connectivity index (χ1) is 8.05. The minimum atomic E-state index is -5.08. The quantitative estimate of drug-likeness (QED) is 0.679. The van der Waals surface area contributed by atoms with Crippen LogP contribution in [0.3, 0.4) is 0 Å². The maximum Gasteiger partial charge on any atom is 0.490 e. The number of carbonyl (C=O) groups is 2. The minimum absolute atomic E-state index is 0.0369. The van der Waals surface area contributed by atoms with Crippen LogP contribution in [0.15, 0.2) is 0 Å². The molecule has 9 heteroatoms. The number of likely N-dealkylation sites (N-methyl/N-ethyl adjacent to an activating group) is 1. The third kappa shape index (κ3) is 5.80. The van der Waals surface area contributed by atoms with Crippen molar-refractivity contribution in [2.45, 2.75) is 24.8 Å². The molecule has 2 atom stereocenters. The number of amides is 1. The van der Waals surface area contributed by atoms with Gasteiger partial charge in [0.1, 0.15) is 6.17 Å². The molecule has 18 heavy (non-hydrogen) atoms. The number of hydrogen-bond acceptors (Lipinski definition) is 3. The number of aliphatic carboxylic acids is 1. The minimum Gasteiger partial charge on any atom is -0.475 e. The van der Waals surface area contributed by atoms with Crippen molar-refractivity contribution < 1.29 is 32.3 Å². The summed E-state index contributed by atoms with van der Waals surface area (Å²) < 4.78 is 44.3. The second kappa shape index (κ2) is 6.53. The predicted octanol–water partition coefficient (Wildman–Crippen LogP) is 0.408. The van der Waals surface area contributed by atoms with Crippen LogP contribution >= 0.6 is 0 Å². The monoisotopic (exact) mass is 274 g/mol. The number of hydrogen-bond donors (Lipinski definition) is 2. The van der Waals surface area contributed by atoms with Crippen LogP contribution in [-0.4, -0.2) is 60.9 Å². The molecular formula is C9H14F4N2O3. The van der Waals surface area contributed by atoms with Crippen LogP contribution in [0.4, 0.5) is 17.6 Å². The molecule has 1 aliphatic heterocycles. The summed E-state index contributed by atoms with van der Waals surface area (Å²) in [6, 6.07) is -0.306. The number of nitrogens with zero attached hydrogens (tertiary/aromatic N) is 1. The lowest BCUT2D eigenvalue weighted by Gasteiger charge is -2.15. The Balaban J connectivity index is 0.000000360.